The second-order valence-electron chi connectivity index (χ2n) is 4.90. The van der Waals surface area contributed by atoms with E-state index < -0.39 is 5.97 Å². The third-order valence-electron chi connectivity index (χ3n) is 3.45. The Hall–Kier alpha value is -2.60. The topological polar surface area (TPSA) is 87.7 Å². The molecule has 3 aromatic rings. The van der Waals surface area contributed by atoms with E-state index in [2.05, 4.69) is 10.1 Å². The highest BCUT2D eigenvalue weighted by molar-refractivity contribution is 6.30. The third kappa shape index (κ3) is 2.37. The molecule has 0 radical (unpaired) electrons. The Balaban J connectivity index is 2.10. The Bertz CT molecular complexity index is 872. The van der Waals surface area contributed by atoms with Crippen molar-refractivity contribution >= 4 is 23.2 Å². The molecule has 0 unspecified atom stereocenters. The van der Waals surface area contributed by atoms with Gasteiger partial charge in [-0.1, -0.05) is 23.7 Å². The fourth-order valence-corrected chi connectivity index (χ4v) is 2.41. The van der Waals surface area contributed by atoms with Gasteiger partial charge in [0.1, 0.15) is 5.56 Å². The summed E-state index contributed by atoms with van der Waals surface area (Å²) in [4.78, 5) is 15.4. The predicted molar refractivity (Wildman–Crippen MR) is 80.6 cm³/mol. The molecule has 0 atom stereocenters. The molecule has 0 aliphatic rings. The van der Waals surface area contributed by atoms with Gasteiger partial charge in [-0.2, -0.15) is 9.61 Å². The van der Waals surface area contributed by atoms with Crippen molar-refractivity contribution in [2.45, 2.75) is 13.3 Å². The number of halogens is 1. The summed E-state index contributed by atoms with van der Waals surface area (Å²) in [7, 11) is 0. The van der Waals surface area contributed by atoms with Crippen LogP contribution in [0.2, 0.25) is 5.02 Å². The van der Waals surface area contributed by atoms with Crippen LogP contribution >= 0.6 is 11.6 Å². The van der Waals surface area contributed by atoms with E-state index in [0.717, 1.165) is 10.1 Å². The van der Waals surface area contributed by atoms with E-state index in [1.807, 2.05) is 12.1 Å². The SMILES string of the molecule is Cc1nc2c(C(=O)O)cnn2c(O)c1Cc1ccc(Cl)cc1. The van der Waals surface area contributed by atoms with Crippen molar-refractivity contribution in [1.29, 1.82) is 0 Å². The normalized spacial score (nSPS) is 11.0. The van der Waals surface area contributed by atoms with Gasteiger partial charge in [-0.25, -0.2) is 9.78 Å². The molecule has 6 nitrogen and oxygen atoms in total. The van der Waals surface area contributed by atoms with Gasteiger partial charge in [0.05, 0.1) is 6.20 Å². The summed E-state index contributed by atoms with van der Waals surface area (Å²) in [6.45, 7) is 1.73. The number of rotatable bonds is 3. The second-order valence-corrected chi connectivity index (χ2v) is 5.34. The predicted octanol–water partition coefficient (Wildman–Crippen LogP) is 2.69. The zero-order chi connectivity index (χ0) is 15.9. The standard InChI is InChI=1S/C15H12ClN3O3/c1-8-11(6-9-2-4-10(16)5-3-9)14(20)19-13(18-8)12(7-17-19)15(21)22/h2-5,7,20H,6H2,1H3,(H,21,22). The fraction of sp³-hybridized carbons (Fsp3) is 0.133. The first-order valence-corrected chi connectivity index (χ1v) is 6.89. The van der Waals surface area contributed by atoms with Gasteiger partial charge in [0, 0.05) is 22.7 Å². The van der Waals surface area contributed by atoms with Crippen molar-refractivity contribution < 1.29 is 15.0 Å². The van der Waals surface area contributed by atoms with Gasteiger partial charge in [-0.05, 0) is 24.6 Å². The Labute approximate surface area is 130 Å². The molecule has 2 aromatic heterocycles. The molecule has 3 rings (SSSR count). The van der Waals surface area contributed by atoms with Crippen molar-refractivity contribution in [3.05, 3.63) is 57.9 Å². The van der Waals surface area contributed by atoms with Gasteiger partial charge in [-0.3, -0.25) is 0 Å². The van der Waals surface area contributed by atoms with Gasteiger partial charge in [0.25, 0.3) is 0 Å². The van der Waals surface area contributed by atoms with Crippen molar-refractivity contribution in [2.24, 2.45) is 0 Å². The van der Waals surface area contributed by atoms with Crippen molar-refractivity contribution in [3.63, 3.8) is 0 Å². The van der Waals surface area contributed by atoms with Crippen LogP contribution in [0.25, 0.3) is 5.65 Å². The number of hydrogen-bond donors (Lipinski definition) is 2. The summed E-state index contributed by atoms with van der Waals surface area (Å²) in [5.74, 6) is -1.24. The molecule has 0 aliphatic heterocycles. The number of aromatic hydroxyl groups is 1. The number of aromatic carboxylic acids is 1. The molecule has 0 aliphatic carbocycles. The largest absolute Gasteiger partial charge is 0.493 e. The fourth-order valence-electron chi connectivity index (χ4n) is 2.28. The van der Waals surface area contributed by atoms with E-state index in [0.29, 0.717) is 22.7 Å². The number of fused-ring (bicyclic) bond motifs is 1. The van der Waals surface area contributed by atoms with Crippen LogP contribution in [0.15, 0.2) is 30.5 Å². The average Bonchev–Trinajstić information content (AvgIpc) is 2.89. The van der Waals surface area contributed by atoms with Gasteiger partial charge >= 0.3 is 5.97 Å². The van der Waals surface area contributed by atoms with Crippen molar-refractivity contribution in [3.8, 4) is 5.88 Å². The lowest BCUT2D eigenvalue weighted by atomic mass is 10.0. The molecule has 22 heavy (non-hydrogen) atoms. The highest BCUT2D eigenvalue weighted by atomic mass is 35.5. The molecule has 7 heteroatoms. The molecule has 2 heterocycles. The molecule has 0 saturated carbocycles. The number of aryl methyl sites for hydroxylation is 1. The lowest BCUT2D eigenvalue weighted by Gasteiger charge is -2.10. The van der Waals surface area contributed by atoms with Crippen LogP contribution in [0.4, 0.5) is 0 Å². The van der Waals surface area contributed by atoms with Gasteiger partial charge < -0.3 is 10.2 Å². The first-order valence-electron chi connectivity index (χ1n) is 6.51. The maximum Gasteiger partial charge on any atom is 0.341 e. The summed E-state index contributed by atoms with van der Waals surface area (Å²) >= 11 is 5.86. The Morgan fingerprint density at radius 3 is 2.64 bits per heavy atom. The molecule has 0 spiro atoms. The van der Waals surface area contributed by atoms with Crippen LogP contribution in [0.3, 0.4) is 0 Å². The Morgan fingerprint density at radius 1 is 1.32 bits per heavy atom. The quantitative estimate of drug-likeness (QED) is 0.775. The number of carboxylic acids is 1. The van der Waals surface area contributed by atoms with E-state index in [1.54, 1.807) is 19.1 Å². The van der Waals surface area contributed by atoms with E-state index in [4.69, 9.17) is 16.7 Å². The van der Waals surface area contributed by atoms with Crippen LogP contribution in [0.1, 0.15) is 27.2 Å². The van der Waals surface area contributed by atoms with Crippen LogP contribution in [-0.4, -0.2) is 30.8 Å². The highest BCUT2D eigenvalue weighted by Crippen LogP contribution is 2.25. The highest BCUT2D eigenvalue weighted by Gasteiger charge is 2.19. The van der Waals surface area contributed by atoms with Gasteiger partial charge in [0.15, 0.2) is 5.65 Å². The van der Waals surface area contributed by atoms with Crippen molar-refractivity contribution in [2.75, 3.05) is 0 Å². The number of aromatic nitrogens is 3. The Morgan fingerprint density at radius 2 is 2.00 bits per heavy atom. The zero-order valence-electron chi connectivity index (χ0n) is 11.6. The smallest absolute Gasteiger partial charge is 0.341 e. The minimum atomic E-state index is -1.13. The molecule has 112 valence electrons. The molecule has 1 aromatic carbocycles. The summed E-state index contributed by atoms with van der Waals surface area (Å²) in [6, 6.07) is 7.26. The minimum absolute atomic E-state index is 0.0450. The zero-order valence-corrected chi connectivity index (χ0v) is 12.4. The number of carbonyl (C=O) groups is 1. The number of hydrogen-bond acceptors (Lipinski definition) is 4. The molecular formula is C15H12ClN3O3. The molecule has 0 amide bonds. The minimum Gasteiger partial charge on any atom is -0.493 e. The maximum atomic E-state index is 11.1. The molecule has 0 saturated heterocycles. The van der Waals surface area contributed by atoms with Crippen LogP contribution in [0.5, 0.6) is 5.88 Å². The van der Waals surface area contributed by atoms with Crippen LogP contribution in [0, 0.1) is 6.92 Å². The van der Waals surface area contributed by atoms with Gasteiger partial charge in [0.2, 0.25) is 5.88 Å². The molecular weight excluding hydrogens is 306 g/mol. The summed E-state index contributed by atoms with van der Waals surface area (Å²) in [5, 5.41) is 24.0. The average molecular weight is 318 g/mol. The Kier molecular flexibility index (Phi) is 3.46. The lowest BCUT2D eigenvalue weighted by molar-refractivity contribution is 0.0699. The lowest BCUT2D eigenvalue weighted by Crippen LogP contribution is -2.04. The number of carboxylic acid groups (broad SMARTS) is 1. The third-order valence-corrected chi connectivity index (χ3v) is 3.70. The molecule has 2 N–H and O–H groups in total. The summed E-state index contributed by atoms with van der Waals surface area (Å²) in [5.41, 5.74) is 2.19. The summed E-state index contributed by atoms with van der Waals surface area (Å²) < 4.78 is 1.14. The van der Waals surface area contributed by atoms with E-state index in [9.17, 15) is 9.90 Å². The monoisotopic (exact) mass is 317 g/mol. The number of benzene rings is 1. The van der Waals surface area contributed by atoms with Gasteiger partial charge in [-0.15, -0.1) is 0 Å². The van der Waals surface area contributed by atoms with E-state index >= 15 is 0 Å². The van der Waals surface area contributed by atoms with Crippen LogP contribution in [-0.2, 0) is 6.42 Å². The summed E-state index contributed by atoms with van der Waals surface area (Å²) in [6.07, 6.45) is 1.62. The maximum absolute atomic E-state index is 11.1. The number of nitrogens with zero attached hydrogens (tertiary/aromatic N) is 3. The first-order chi connectivity index (χ1) is 10.5. The van der Waals surface area contributed by atoms with E-state index in [-0.39, 0.29) is 17.1 Å². The van der Waals surface area contributed by atoms with E-state index in [1.165, 1.54) is 6.20 Å². The van der Waals surface area contributed by atoms with Crippen molar-refractivity contribution in [1.82, 2.24) is 14.6 Å². The molecule has 0 fully saturated rings. The first kappa shape index (κ1) is 14.3. The van der Waals surface area contributed by atoms with Crippen LogP contribution < -0.4 is 0 Å². The molecule has 0 bridgehead atoms. The second kappa shape index (κ2) is 5.31.